The minimum Gasteiger partial charge on any atom is -0.485 e. The van der Waals surface area contributed by atoms with E-state index in [-0.39, 0.29) is 23.6 Å². The van der Waals surface area contributed by atoms with Gasteiger partial charge in [0.25, 0.3) is 0 Å². The number of nitrogen functional groups attached to an aromatic ring is 1. The van der Waals surface area contributed by atoms with Crippen molar-refractivity contribution in [3.8, 4) is 17.6 Å². The zero-order valence-electron chi connectivity index (χ0n) is 22.2. The van der Waals surface area contributed by atoms with Crippen LogP contribution >= 0.6 is 11.8 Å². The predicted octanol–water partition coefficient (Wildman–Crippen LogP) is 5.46. The maximum Gasteiger partial charge on any atom is 0.401 e. The van der Waals surface area contributed by atoms with Crippen LogP contribution in [-0.4, -0.2) is 58.5 Å². The number of halogens is 3. The second kappa shape index (κ2) is 12.9. The third-order valence-corrected chi connectivity index (χ3v) is 7.45. The maximum atomic E-state index is 12.7. The number of ether oxygens (including phenoxy) is 1. The maximum absolute atomic E-state index is 12.7. The Bertz CT molecular complexity index is 1180. The summed E-state index contributed by atoms with van der Waals surface area (Å²) in [6.45, 7) is 5.52. The fourth-order valence-corrected chi connectivity index (χ4v) is 5.27. The molecule has 3 rings (SSSR count). The first-order valence-corrected chi connectivity index (χ1v) is 13.4. The molecule has 0 amide bonds. The van der Waals surface area contributed by atoms with Crippen molar-refractivity contribution in [1.82, 2.24) is 9.88 Å². The monoisotopic (exact) mass is 548 g/mol. The molecule has 10 heteroatoms. The molecular formula is C28H35F3N4O2S. The number of nitrogens with two attached hydrogens (primary N) is 1. The third kappa shape index (κ3) is 9.53. The van der Waals surface area contributed by atoms with Crippen LogP contribution in [-0.2, 0) is 6.61 Å². The van der Waals surface area contributed by atoms with Gasteiger partial charge in [-0.2, -0.15) is 13.2 Å². The number of hydrogen-bond acceptors (Lipinski definition) is 7. The Kier molecular flexibility index (Phi) is 10.1. The Morgan fingerprint density at radius 2 is 2.00 bits per heavy atom. The van der Waals surface area contributed by atoms with Gasteiger partial charge in [-0.25, -0.2) is 4.98 Å². The highest BCUT2D eigenvalue weighted by molar-refractivity contribution is 8.14. The van der Waals surface area contributed by atoms with Gasteiger partial charge in [0.1, 0.15) is 12.2 Å². The van der Waals surface area contributed by atoms with Crippen molar-refractivity contribution in [2.45, 2.75) is 57.2 Å². The van der Waals surface area contributed by atoms with E-state index in [1.807, 2.05) is 37.3 Å². The largest absolute Gasteiger partial charge is 0.485 e. The van der Waals surface area contributed by atoms with E-state index in [2.05, 4.69) is 21.8 Å². The van der Waals surface area contributed by atoms with Gasteiger partial charge in [-0.15, -0.1) is 11.8 Å². The molecule has 1 saturated heterocycles. The highest BCUT2D eigenvalue weighted by Gasteiger charge is 2.33. The summed E-state index contributed by atoms with van der Waals surface area (Å²) in [4.78, 5) is 10.2. The molecule has 2 heterocycles. The summed E-state index contributed by atoms with van der Waals surface area (Å²) < 4.78 is 44.1. The second-order valence-corrected chi connectivity index (χ2v) is 11.3. The number of aromatic nitrogens is 1. The van der Waals surface area contributed by atoms with Crippen molar-refractivity contribution in [3.63, 3.8) is 0 Å². The van der Waals surface area contributed by atoms with E-state index in [4.69, 9.17) is 10.5 Å². The summed E-state index contributed by atoms with van der Waals surface area (Å²) in [7, 11) is 1.73. The number of aliphatic hydroxyl groups is 1. The number of aliphatic imine (C=N–C) groups is 1. The van der Waals surface area contributed by atoms with Crippen LogP contribution in [0.2, 0.25) is 0 Å². The molecule has 1 atom stereocenters. The standard InChI is InChI=1S/C28H35F3N4O2S/c1-19(38-26(33-4)22-9-12-35(13-10-22)18-28(29,30)31)23-15-24(25(32)34-16-23)37-17-21-7-5-6-20(14-21)8-11-27(2,3)36/h5-7,14-16,19,22,36H,9-10,12-13,17-18H2,1-4H3,(H2,32,34)/b33-26-. The number of likely N-dealkylation sites (tertiary alicyclic amines) is 1. The van der Waals surface area contributed by atoms with Gasteiger partial charge in [0.2, 0.25) is 0 Å². The van der Waals surface area contributed by atoms with Gasteiger partial charge in [-0.1, -0.05) is 24.0 Å². The van der Waals surface area contributed by atoms with Crippen molar-refractivity contribution in [3.05, 3.63) is 53.2 Å². The SMILES string of the molecule is C/N=C(\SC(C)c1cnc(N)c(OCc2cccc(C#CC(C)(C)O)c2)c1)C1CCN(CC(F)(F)F)CC1. The van der Waals surface area contributed by atoms with Crippen molar-refractivity contribution in [2.24, 2.45) is 10.9 Å². The summed E-state index contributed by atoms with van der Waals surface area (Å²) in [5.74, 6) is 6.65. The van der Waals surface area contributed by atoms with Crippen LogP contribution in [0.25, 0.3) is 0 Å². The van der Waals surface area contributed by atoms with Crippen molar-refractivity contribution in [1.29, 1.82) is 0 Å². The van der Waals surface area contributed by atoms with E-state index >= 15 is 0 Å². The molecule has 1 aromatic carbocycles. The van der Waals surface area contributed by atoms with Crippen LogP contribution in [0.15, 0.2) is 41.5 Å². The molecule has 206 valence electrons. The van der Waals surface area contributed by atoms with E-state index in [0.717, 1.165) is 21.7 Å². The normalized spacial score (nSPS) is 16.6. The molecule has 1 aliphatic heterocycles. The van der Waals surface area contributed by atoms with Crippen LogP contribution < -0.4 is 10.5 Å². The van der Waals surface area contributed by atoms with E-state index < -0.39 is 18.3 Å². The molecule has 0 saturated carbocycles. The molecule has 1 unspecified atom stereocenters. The number of benzene rings is 1. The van der Waals surface area contributed by atoms with Crippen LogP contribution in [0.5, 0.6) is 5.75 Å². The highest BCUT2D eigenvalue weighted by atomic mass is 32.2. The Morgan fingerprint density at radius 3 is 2.63 bits per heavy atom. The molecule has 6 nitrogen and oxygen atoms in total. The van der Waals surface area contributed by atoms with Crippen LogP contribution in [0.3, 0.4) is 0 Å². The molecule has 0 aliphatic carbocycles. The lowest BCUT2D eigenvalue weighted by molar-refractivity contribution is -0.148. The van der Waals surface area contributed by atoms with Crippen LogP contribution in [0, 0.1) is 17.8 Å². The number of hydrogen-bond donors (Lipinski definition) is 2. The molecule has 38 heavy (non-hydrogen) atoms. The average molecular weight is 549 g/mol. The first kappa shape index (κ1) is 29.8. The zero-order chi connectivity index (χ0) is 27.9. The summed E-state index contributed by atoms with van der Waals surface area (Å²) >= 11 is 1.59. The van der Waals surface area contributed by atoms with Crippen molar-refractivity contribution < 1.29 is 23.0 Å². The third-order valence-electron chi connectivity index (χ3n) is 6.06. The molecular weight excluding hydrogens is 513 g/mol. The number of alkyl halides is 3. The number of piperidine rings is 1. The summed E-state index contributed by atoms with van der Waals surface area (Å²) in [6, 6.07) is 9.44. The fourth-order valence-electron chi connectivity index (χ4n) is 4.11. The number of nitrogens with zero attached hydrogens (tertiary/aromatic N) is 3. The molecule has 1 fully saturated rings. The van der Waals surface area contributed by atoms with Gasteiger partial charge < -0.3 is 15.6 Å². The van der Waals surface area contributed by atoms with Gasteiger partial charge in [0.05, 0.1) is 11.6 Å². The summed E-state index contributed by atoms with van der Waals surface area (Å²) in [5.41, 5.74) is 7.59. The molecule has 3 N–H and O–H groups in total. The molecule has 0 spiro atoms. The number of rotatable bonds is 7. The predicted molar refractivity (Wildman–Crippen MR) is 147 cm³/mol. The minimum absolute atomic E-state index is 0.00204. The minimum atomic E-state index is -4.17. The van der Waals surface area contributed by atoms with E-state index in [9.17, 15) is 18.3 Å². The van der Waals surface area contributed by atoms with Gasteiger partial charge in [-0.05, 0) is 76.0 Å². The lowest BCUT2D eigenvalue weighted by Crippen LogP contribution is -2.41. The van der Waals surface area contributed by atoms with Gasteiger partial charge in [0, 0.05) is 30.0 Å². The Hall–Kier alpha value is -2.74. The molecule has 2 aromatic rings. The highest BCUT2D eigenvalue weighted by Crippen LogP contribution is 2.37. The van der Waals surface area contributed by atoms with Crippen LogP contribution in [0.4, 0.5) is 19.0 Å². The number of anilines is 1. The van der Waals surface area contributed by atoms with Crippen LogP contribution in [0.1, 0.15) is 55.6 Å². The Balaban J connectivity index is 1.61. The average Bonchev–Trinajstić information content (AvgIpc) is 2.85. The number of pyridine rings is 1. The summed E-state index contributed by atoms with van der Waals surface area (Å²) in [5, 5.41) is 10.8. The first-order valence-electron chi connectivity index (χ1n) is 12.5. The fraction of sp³-hybridized carbons (Fsp3) is 0.500. The van der Waals surface area contributed by atoms with Gasteiger partial charge in [0.15, 0.2) is 11.6 Å². The second-order valence-electron chi connectivity index (χ2n) is 9.94. The van der Waals surface area contributed by atoms with E-state index in [1.54, 1.807) is 38.9 Å². The van der Waals surface area contributed by atoms with Gasteiger partial charge in [-0.3, -0.25) is 9.89 Å². The van der Waals surface area contributed by atoms with Gasteiger partial charge >= 0.3 is 6.18 Å². The topological polar surface area (TPSA) is 84.0 Å². The molecule has 1 aliphatic rings. The molecule has 0 bridgehead atoms. The molecule has 1 aromatic heterocycles. The van der Waals surface area contributed by atoms with E-state index in [1.165, 1.54) is 4.90 Å². The Morgan fingerprint density at radius 1 is 1.29 bits per heavy atom. The van der Waals surface area contributed by atoms with Crippen molar-refractivity contribution >= 4 is 22.6 Å². The zero-order valence-corrected chi connectivity index (χ0v) is 23.0. The lowest BCUT2D eigenvalue weighted by Gasteiger charge is -2.33. The Labute approximate surface area is 226 Å². The lowest BCUT2D eigenvalue weighted by atomic mass is 9.98. The van der Waals surface area contributed by atoms with Crippen molar-refractivity contribution in [2.75, 3.05) is 32.4 Å². The smallest absolute Gasteiger partial charge is 0.401 e. The quantitative estimate of drug-likeness (QED) is 0.272. The number of thioether (sulfide) groups is 1. The first-order chi connectivity index (χ1) is 17.8. The summed E-state index contributed by atoms with van der Waals surface area (Å²) in [6.07, 6.45) is -1.16. The van der Waals surface area contributed by atoms with E-state index in [0.29, 0.717) is 31.7 Å². The molecule has 0 radical (unpaired) electrons.